The Bertz CT molecular complexity index is 568. The van der Waals surface area contributed by atoms with Crippen molar-refractivity contribution in [2.75, 3.05) is 12.8 Å². The average Bonchev–Trinajstić information content (AvgIpc) is 2.87. The van der Waals surface area contributed by atoms with Crippen molar-refractivity contribution in [2.45, 2.75) is 37.7 Å². The Kier molecular flexibility index (Phi) is 3.44. The molecule has 1 aliphatic rings. The molecule has 1 heterocycles. The third-order valence-corrected chi connectivity index (χ3v) is 4.03. The second-order valence-corrected chi connectivity index (χ2v) is 5.31. The van der Waals surface area contributed by atoms with E-state index in [2.05, 4.69) is 10.1 Å². The van der Waals surface area contributed by atoms with E-state index in [0.29, 0.717) is 11.7 Å². The number of nitrogens with two attached hydrogens (primary N) is 1. The maximum Gasteiger partial charge on any atom is 0.227 e. The van der Waals surface area contributed by atoms with Crippen LogP contribution in [-0.4, -0.2) is 17.3 Å². The molecule has 1 aliphatic carbocycles. The van der Waals surface area contributed by atoms with E-state index in [1.54, 1.807) is 7.11 Å². The summed E-state index contributed by atoms with van der Waals surface area (Å²) in [5.74, 6) is 1.36. The van der Waals surface area contributed by atoms with Gasteiger partial charge in [0.2, 0.25) is 11.7 Å². The molecule has 5 nitrogen and oxygen atoms in total. The third kappa shape index (κ3) is 2.41. The van der Waals surface area contributed by atoms with Crippen molar-refractivity contribution in [1.29, 1.82) is 0 Å². The third-order valence-electron chi connectivity index (χ3n) is 4.03. The summed E-state index contributed by atoms with van der Waals surface area (Å²) in [6, 6.07) is 7.86. The number of aromatic nitrogens is 2. The predicted molar refractivity (Wildman–Crippen MR) is 75.1 cm³/mol. The maximum absolute atomic E-state index is 5.67. The molecule has 0 aliphatic heterocycles. The summed E-state index contributed by atoms with van der Waals surface area (Å²) in [5, 5.41) is 4.08. The molecule has 5 heteroatoms. The second-order valence-electron chi connectivity index (χ2n) is 5.31. The standard InChI is InChI=1S/C15H19N3O2/c1-19-15(9-2-10-15)14-17-13(20-18-14)8-5-11-3-6-12(16)7-4-11/h3-4,6-7H,2,5,8-10,16H2,1H3. The fourth-order valence-corrected chi connectivity index (χ4v) is 2.49. The van der Waals surface area contributed by atoms with Crippen LogP contribution < -0.4 is 5.73 Å². The Morgan fingerprint density at radius 3 is 2.60 bits per heavy atom. The van der Waals surface area contributed by atoms with Crippen molar-refractivity contribution in [1.82, 2.24) is 10.1 Å². The average molecular weight is 273 g/mol. The zero-order valence-electron chi connectivity index (χ0n) is 11.6. The molecule has 0 radical (unpaired) electrons. The first-order valence-electron chi connectivity index (χ1n) is 6.94. The molecule has 0 atom stereocenters. The summed E-state index contributed by atoms with van der Waals surface area (Å²) >= 11 is 0. The molecule has 0 saturated heterocycles. The van der Waals surface area contributed by atoms with E-state index in [4.69, 9.17) is 15.0 Å². The Hall–Kier alpha value is -1.88. The van der Waals surface area contributed by atoms with Crippen molar-refractivity contribution in [2.24, 2.45) is 0 Å². The molecule has 0 unspecified atom stereocenters. The Labute approximate surface area is 118 Å². The molecule has 0 amide bonds. The van der Waals surface area contributed by atoms with E-state index >= 15 is 0 Å². The predicted octanol–water partition coefficient (Wildman–Crippen LogP) is 2.46. The molecular weight excluding hydrogens is 254 g/mol. The molecule has 2 N–H and O–H groups in total. The monoisotopic (exact) mass is 273 g/mol. The zero-order valence-corrected chi connectivity index (χ0v) is 11.6. The van der Waals surface area contributed by atoms with E-state index in [-0.39, 0.29) is 5.60 Å². The number of hydrogen-bond donors (Lipinski definition) is 1. The van der Waals surface area contributed by atoms with Gasteiger partial charge in [0.05, 0.1) is 0 Å². The van der Waals surface area contributed by atoms with E-state index in [9.17, 15) is 0 Å². The Morgan fingerprint density at radius 1 is 1.25 bits per heavy atom. The lowest BCUT2D eigenvalue weighted by Crippen LogP contribution is -2.37. The van der Waals surface area contributed by atoms with Crippen molar-refractivity contribution in [3.8, 4) is 0 Å². The summed E-state index contributed by atoms with van der Waals surface area (Å²) in [6.07, 6.45) is 4.70. The number of anilines is 1. The van der Waals surface area contributed by atoms with Crippen LogP contribution in [0.25, 0.3) is 0 Å². The van der Waals surface area contributed by atoms with Gasteiger partial charge in [0.15, 0.2) is 0 Å². The van der Waals surface area contributed by atoms with Crippen LogP contribution in [0.5, 0.6) is 0 Å². The zero-order chi connectivity index (χ0) is 14.0. The lowest BCUT2D eigenvalue weighted by atomic mass is 9.79. The molecule has 1 aromatic heterocycles. The highest BCUT2D eigenvalue weighted by Crippen LogP contribution is 2.42. The van der Waals surface area contributed by atoms with Crippen molar-refractivity contribution in [3.05, 3.63) is 41.5 Å². The van der Waals surface area contributed by atoms with Gasteiger partial charge in [0.25, 0.3) is 0 Å². The van der Waals surface area contributed by atoms with Crippen molar-refractivity contribution >= 4 is 5.69 Å². The summed E-state index contributed by atoms with van der Waals surface area (Å²) in [7, 11) is 1.71. The fraction of sp³-hybridized carbons (Fsp3) is 0.467. The van der Waals surface area contributed by atoms with Gasteiger partial charge in [-0.1, -0.05) is 17.3 Å². The van der Waals surface area contributed by atoms with Crippen LogP contribution in [-0.2, 0) is 23.2 Å². The molecule has 3 rings (SSSR count). The van der Waals surface area contributed by atoms with Gasteiger partial charge >= 0.3 is 0 Å². The minimum absolute atomic E-state index is 0.303. The first kappa shape index (κ1) is 13.1. The second kappa shape index (κ2) is 5.25. The summed E-state index contributed by atoms with van der Waals surface area (Å²) in [6.45, 7) is 0. The minimum Gasteiger partial charge on any atom is -0.399 e. The number of aryl methyl sites for hydroxylation is 2. The Balaban J connectivity index is 1.64. The van der Waals surface area contributed by atoms with Crippen LogP contribution in [0.4, 0.5) is 5.69 Å². The quantitative estimate of drug-likeness (QED) is 0.847. The summed E-state index contributed by atoms with van der Waals surface area (Å²) < 4.78 is 10.9. The molecule has 1 saturated carbocycles. The molecule has 1 fully saturated rings. The topological polar surface area (TPSA) is 74.2 Å². The first-order chi connectivity index (χ1) is 9.72. The highest BCUT2D eigenvalue weighted by atomic mass is 16.5. The lowest BCUT2D eigenvalue weighted by Gasteiger charge is -2.37. The van der Waals surface area contributed by atoms with E-state index in [1.807, 2.05) is 24.3 Å². The molecule has 20 heavy (non-hydrogen) atoms. The summed E-state index contributed by atoms with van der Waals surface area (Å²) in [5.41, 5.74) is 7.36. The number of ether oxygens (including phenoxy) is 1. The molecule has 2 aromatic rings. The number of hydrogen-bond acceptors (Lipinski definition) is 5. The molecule has 0 bridgehead atoms. The minimum atomic E-state index is -0.303. The van der Waals surface area contributed by atoms with Gasteiger partial charge in [-0.15, -0.1) is 0 Å². The van der Waals surface area contributed by atoms with Crippen molar-refractivity contribution in [3.63, 3.8) is 0 Å². The van der Waals surface area contributed by atoms with Gasteiger partial charge in [-0.2, -0.15) is 4.98 Å². The normalized spacial score (nSPS) is 16.9. The fourth-order valence-electron chi connectivity index (χ4n) is 2.49. The van der Waals surface area contributed by atoms with Crippen LogP contribution in [0, 0.1) is 0 Å². The smallest absolute Gasteiger partial charge is 0.227 e. The highest BCUT2D eigenvalue weighted by Gasteiger charge is 2.43. The molecule has 1 aromatic carbocycles. The van der Waals surface area contributed by atoms with Crippen LogP contribution in [0.2, 0.25) is 0 Å². The van der Waals surface area contributed by atoms with Gasteiger partial charge < -0.3 is 15.0 Å². The SMILES string of the molecule is COC1(c2noc(CCc3ccc(N)cc3)n2)CCC1. The largest absolute Gasteiger partial charge is 0.399 e. The van der Waals surface area contributed by atoms with Gasteiger partial charge in [-0.25, -0.2) is 0 Å². The van der Waals surface area contributed by atoms with Crippen LogP contribution in [0.3, 0.4) is 0 Å². The number of nitrogen functional groups attached to an aromatic ring is 1. The lowest BCUT2D eigenvalue weighted by molar-refractivity contribution is -0.0858. The van der Waals surface area contributed by atoms with E-state index < -0.39 is 0 Å². The number of benzene rings is 1. The molecule has 0 spiro atoms. The van der Waals surface area contributed by atoms with Crippen LogP contribution >= 0.6 is 0 Å². The molecule has 106 valence electrons. The Morgan fingerprint density at radius 2 is 2.00 bits per heavy atom. The highest BCUT2D eigenvalue weighted by molar-refractivity contribution is 5.39. The van der Waals surface area contributed by atoms with E-state index in [1.165, 1.54) is 5.56 Å². The van der Waals surface area contributed by atoms with Crippen molar-refractivity contribution < 1.29 is 9.26 Å². The van der Waals surface area contributed by atoms with Gasteiger partial charge in [-0.05, 0) is 43.4 Å². The first-order valence-corrected chi connectivity index (χ1v) is 6.94. The van der Waals surface area contributed by atoms with Gasteiger partial charge in [-0.3, -0.25) is 0 Å². The van der Waals surface area contributed by atoms with Crippen LogP contribution in [0.15, 0.2) is 28.8 Å². The van der Waals surface area contributed by atoms with Gasteiger partial charge in [0, 0.05) is 19.2 Å². The number of methoxy groups -OCH3 is 1. The summed E-state index contributed by atoms with van der Waals surface area (Å²) in [4.78, 5) is 4.48. The van der Waals surface area contributed by atoms with Crippen LogP contribution in [0.1, 0.15) is 36.5 Å². The van der Waals surface area contributed by atoms with E-state index in [0.717, 1.165) is 37.8 Å². The maximum atomic E-state index is 5.67. The number of rotatable bonds is 5. The van der Waals surface area contributed by atoms with Gasteiger partial charge in [0.1, 0.15) is 5.60 Å². The molecular formula is C15H19N3O2. The number of nitrogens with zero attached hydrogens (tertiary/aromatic N) is 2.